The van der Waals surface area contributed by atoms with Gasteiger partial charge in [-0.2, -0.15) is 0 Å². The second kappa shape index (κ2) is 6.64. The van der Waals surface area contributed by atoms with Crippen molar-refractivity contribution in [1.82, 2.24) is 10.2 Å². The topological polar surface area (TPSA) is 15.3 Å². The molecule has 2 rings (SSSR count). The fraction of sp³-hybridized carbons (Fsp3) is 0.571. The van der Waals surface area contributed by atoms with Crippen molar-refractivity contribution >= 4 is 34.8 Å². The smallest absolute Gasteiger partial charge is 0.0781 e. The molecule has 0 aromatic heterocycles. The van der Waals surface area contributed by atoms with E-state index >= 15 is 0 Å². The van der Waals surface area contributed by atoms with Crippen molar-refractivity contribution in [2.45, 2.75) is 31.8 Å². The van der Waals surface area contributed by atoms with Crippen LogP contribution in [0.3, 0.4) is 0 Å². The third-order valence-electron chi connectivity index (χ3n) is 3.74. The highest BCUT2D eigenvalue weighted by molar-refractivity contribution is 6.48. The van der Waals surface area contributed by atoms with Crippen LogP contribution < -0.4 is 5.32 Å². The van der Waals surface area contributed by atoms with E-state index in [1.165, 1.54) is 12.8 Å². The molecule has 2 nitrogen and oxygen atoms in total. The Hall–Kier alpha value is 0.01000. The Morgan fingerprint density at radius 2 is 1.79 bits per heavy atom. The normalized spacial score (nSPS) is 19.6. The quantitative estimate of drug-likeness (QED) is 0.831. The molecule has 1 unspecified atom stereocenters. The summed E-state index contributed by atoms with van der Waals surface area (Å²) in [6.07, 6.45) is 2.33. The zero-order valence-corrected chi connectivity index (χ0v) is 13.5. The Kier molecular flexibility index (Phi) is 5.38. The van der Waals surface area contributed by atoms with Crippen LogP contribution in [0.25, 0.3) is 0 Å². The number of benzene rings is 1. The molecule has 0 aliphatic carbocycles. The average molecular weight is 322 g/mol. The van der Waals surface area contributed by atoms with E-state index in [0.29, 0.717) is 21.1 Å². The van der Waals surface area contributed by atoms with Crippen molar-refractivity contribution in [3.8, 4) is 0 Å². The number of nitrogens with one attached hydrogen (secondary N) is 1. The minimum Gasteiger partial charge on any atom is -0.307 e. The van der Waals surface area contributed by atoms with Crippen molar-refractivity contribution in [1.29, 1.82) is 0 Å². The van der Waals surface area contributed by atoms with Gasteiger partial charge < -0.3 is 10.2 Å². The van der Waals surface area contributed by atoms with Gasteiger partial charge in [-0.15, -0.1) is 0 Å². The molecule has 1 aliphatic rings. The highest BCUT2D eigenvalue weighted by atomic mass is 35.5. The number of nitrogens with zero attached hydrogens (tertiary/aromatic N) is 1. The van der Waals surface area contributed by atoms with Crippen molar-refractivity contribution in [3.63, 3.8) is 0 Å². The number of hydrogen-bond acceptors (Lipinski definition) is 2. The zero-order valence-electron chi connectivity index (χ0n) is 11.2. The molecule has 5 heteroatoms. The van der Waals surface area contributed by atoms with Gasteiger partial charge in [-0.1, -0.05) is 40.9 Å². The Labute approximate surface area is 130 Å². The molecule has 1 aliphatic heterocycles. The van der Waals surface area contributed by atoms with Crippen molar-refractivity contribution in [2.75, 3.05) is 20.1 Å². The molecule has 1 atom stereocenters. The second-order valence-corrected chi connectivity index (χ2v) is 6.39. The van der Waals surface area contributed by atoms with Crippen molar-refractivity contribution in [2.24, 2.45) is 0 Å². The lowest BCUT2D eigenvalue weighted by Gasteiger charge is -2.32. The molecular formula is C14H19Cl3N2. The Balaban J connectivity index is 2.04. The molecule has 1 heterocycles. The number of likely N-dealkylation sites (tertiary alicyclic amines) is 1. The van der Waals surface area contributed by atoms with E-state index < -0.39 is 0 Å². The number of halogens is 3. The highest BCUT2D eigenvalue weighted by Crippen LogP contribution is 2.35. The monoisotopic (exact) mass is 320 g/mol. The maximum atomic E-state index is 6.27. The molecule has 1 saturated heterocycles. The predicted molar refractivity (Wildman–Crippen MR) is 83.5 cm³/mol. The van der Waals surface area contributed by atoms with E-state index in [1.54, 1.807) is 6.07 Å². The molecule has 106 valence electrons. The Morgan fingerprint density at radius 1 is 1.16 bits per heavy atom. The standard InChI is InChI=1S/C14H19Cl3N2/c1-9(18-10-5-7-19(2)8-6-10)11-3-4-12(15)14(17)13(11)16/h3-4,9-10,18H,5-8H2,1-2H3. The van der Waals surface area contributed by atoms with Gasteiger partial charge in [0.2, 0.25) is 0 Å². The van der Waals surface area contributed by atoms with Crippen LogP contribution in [0, 0.1) is 0 Å². The summed E-state index contributed by atoms with van der Waals surface area (Å²) in [5.41, 5.74) is 1.01. The molecule has 0 amide bonds. The summed E-state index contributed by atoms with van der Waals surface area (Å²) in [6.45, 7) is 4.39. The first kappa shape index (κ1) is 15.4. The van der Waals surface area contributed by atoms with Crippen LogP contribution in [0.15, 0.2) is 12.1 Å². The summed E-state index contributed by atoms with van der Waals surface area (Å²) in [6, 6.07) is 4.47. The largest absolute Gasteiger partial charge is 0.307 e. The molecule has 19 heavy (non-hydrogen) atoms. The van der Waals surface area contributed by atoms with Gasteiger partial charge in [-0.25, -0.2) is 0 Å². The zero-order chi connectivity index (χ0) is 14.0. The van der Waals surface area contributed by atoms with E-state index in [1.807, 2.05) is 6.07 Å². The van der Waals surface area contributed by atoms with Crippen LogP contribution in [0.2, 0.25) is 15.1 Å². The van der Waals surface area contributed by atoms with Crippen molar-refractivity contribution in [3.05, 3.63) is 32.8 Å². The van der Waals surface area contributed by atoms with Gasteiger partial charge >= 0.3 is 0 Å². The van der Waals surface area contributed by atoms with E-state index in [4.69, 9.17) is 34.8 Å². The fourth-order valence-corrected chi connectivity index (χ4v) is 3.20. The lowest BCUT2D eigenvalue weighted by Crippen LogP contribution is -2.41. The molecule has 0 saturated carbocycles. The van der Waals surface area contributed by atoms with Crippen LogP contribution >= 0.6 is 34.8 Å². The van der Waals surface area contributed by atoms with E-state index in [0.717, 1.165) is 18.7 Å². The van der Waals surface area contributed by atoms with Gasteiger partial charge in [0.25, 0.3) is 0 Å². The van der Waals surface area contributed by atoms with Gasteiger partial charge in [-0.05, 0) is 51.5 Å². The first-order chi connectivity index (χ1) is 8.99. The van der Waals surface area contributed by atoms with E-state index in [9.17, 15) is 0 Å². The Bertz CT molecular complexity index is 443. The second-order valence-electron chi connectivity index (χ2n) is 5.23. The summed E-state index contributed by atoms with van der Waals surface area (Å²) < 4.78 is 0. The fourth-order valence-electron chi connectivity index (χ4n) is 2.49. The Morgan fingerprint density at radius 3 is 2.42 bits per heavy atom. The summed E-state index contributed by atoms with van der Waals surface area (Å²) in [5.74, 6) is 0. The van der Waals surface area contributed by atoms with Gasteiger partial charge in [0.1, 0.15) is 0 Å². The van der Waals surface area contributed by atoms with Crippen LogP contribution in [0.4, 0.5) is 0 Å². The predicted octanol–water partition coefficient (Wildman–Crippen LogP) is 4.39. The highest BCUT2D eigenvalue weighted by Gasteiger charge is 2.20. The number of hydrogen-bond donors (Lipinski definition) is 1. The molecule has 1 fully saturated rings. The average Bonchev–Trinajstić information content (AvgIpc) is 2.39. The molecular weight excluding hydrogens is 303 g/mol. The maximum Gasteiger partial charge on any atom is 0.0781 e. The maximum absolute atomic E-state index is 6.27. The van der Waals surface area contributed by atoms with E-state index in [-0.39, 0.29) is 6.04 Å². The van der Waals surface area contributed by atoms with Crippen LogP contribution in [-0.4, -0.2) is 31.1 Å². The number of piperidine rings is 1. The molecule has 0 radical (unpaired) electrons. The molecule has 0 bridgehead atoms. The molecule has 1 aromatic rings. The molecule has 1 aromatic carbocycles. The van der Waals surface area contributed by atoms with E-state index in [2.05, 4.69) is 24.2 Å². The minimum absolute atomic E-state index is 0.177. The van der Waals surface area contributed by atoms with Crippen LogP contribution in [0.5, 0.6) is 0 Å². The van der Waals surface area contributed by atoms with Crippen LogP contribution in [-0.2, 0) is 0 Å². The first-order valence-corrected chi connectivity index (χ1v) is 7.70. The molecule has 0 spiro atoms. The number of rotatable bonds is 3. The third kappa shape index (κ3) is 3.77. The van der Waals surface area contributed by atoms with Gasteiger partial charge in [0.15, 0.2) is 0 Å². The van der Waals surface area contributed by atoms with Gasteiger partial charge in [0.05, 0.1) is 15.1 Å². The lowest BCUT2D eigenvalue weighted by atomic mass is 10.0. The SMILES string of the molecule is CC(NC1CCN(C)CC1)c1ccc(Cl)c(Cl)c1Cl. The first-order valence-electron chi connectivity index (χ1n) is 6.57. The third-order valence-corrected chi connectivity index (χ3v) is 5.04. The van der Waals surface area contributed by atoms with Gasteiger partial charge in [0, 0.05) is 12.1 Å². The summed E-state index contributed by atoms with van der Waals surface area (Å²) >= 11 is 18.3. The molecule has 1 N–H and O–H groups in total. The summed E-state index contributed by atoms with van der Waals surface area (Å²) in [7, 11) is 2.16. The summed E-state index contributed by atoms with van der Waals surface area (Å²) in [4.78, 5) is 2.36. The van der Waals surface area contributed by atoms with Crippen molar-refractivity contribution < 1.29 is 0 Å². The summed E-state index contributed by atoms with van der Waals surface area (Å²) in [5, 5.41) is 5.13. The van der Waals surface area contributed by atoms with Crippen LogP contribution in [0.1, 0.15) is 31.4 Å². The lowest BCUT2D eigenvalue weighted by molar-refractivity contribution is 0.226. The van der Waals surface area contributed by atoms with Gasteiger partial charge in [-0.3, -0.25) is 0 Å². The minimum atomic E-state index is 0.177.